The Kier molecular flexibility index (Phi) is 11.2. The number of carbonyl (C=O) groups excluding carboxylic acids is 3. The quantitative estimate of drug-likeness (QED) is 0.102. The van der Waals surface area contributed by atoms with Crippen molar-refractivity contribution in [2.45, 2.75) is 103 Å². The summed E-state index contributed by atoms with van der Waals surface area (Å²) in [6, 6.07) is 13.1. The molecule has 0 spiro atoms. The van der Waals surface area contributed by atoms with Crippen molar-refractivity contribution in [1.82, 2.24) is 40.8 Å². The lowest BCUT2D eigenvalue weighted by atomic mass is 9.89. The van der Waals surface area contributed by atoms with Crippen LogP contribution in [0.4, 0.5) is 9.59 Å². The minimum absolute atomic E-state index is 0.0127. The van der Waals surface area contributed by atoms with E-state index in [0.29, 0.717) is 6.54 Å². The van der Waals surface area contributed by atoms with Crippen molar-refractivity contribution in [2.24, 2.45) is 11.8 Å². The van der Waals surface area contributed by atoms with Crippen LogP contribution in [0.1, 0.15) is 94.7 Å². The molecule has 0 radical (unpaired) electrons. The van der Waals surface area contributed by atoms with Gasteiger partial charge >= 0.3 is 12.2 Å². The van der Waals surface area contributed by atoms with Gasteiger partial charge in [-0.25, -0.2) is 19.6 Å². The van der Waals surface area contributed by atoms with Crippen LogP contribution in [0.5, 0.6) is 0 Å². The third-order valence-corrected chi connectivity index (χ3v) is 11.6. The summed E-state index contributed by atoms with van der Waals surface area (Å²) in [7, 11) is 1.30. The van der Waals surface area contributed by atoms with Gasteiger partial charge in [-0.15, -0.1) is 0 Å². The molecule has 1 aliphatic heterocycles. The van der Waals surface area contributed by atoms with Crippen LogP contribution < -0.4 is 16.0 Å². The fourth-order valence-electron chi connectivity index (χ4n) is 8.58. The number of rotatable bonds is 11. The molecule has 296 valence electrons. The molecule has 1 saturated carbocycles. The number of ether oxygens (including phenoxy) is 1. The summed E-state index contributed by atoms with van der Waals surface area (Å²) in [5.41, 5.74) is 8.50. The molecule has 3 heterocycles. The molecule has 2 fully saturated rings. The molecule has 2 unspecified atom stereocenters. The van der Waals surface area contributed by atoms with Crippen LogP contribution in [0.3, 0.4) is 0 Å². The fourth-order valence-corrected chi connectivity index (χ4v) is 8.58. The van der Waals surface area contributed by atoms with E-state index in [1.165, 1.54) is 12.7 Å². The van der Waals surface area contributed by atoms with E-state index in [9.17, 15) is 24.3 Å². The molecule has 6 N–H and O–H groups in total. The highest BCUT2D eigenvalue weighted by atomic mass is 16.5. The molecule has 2 aromatic carbocycles. The number of nitrogens with one attached hydrogen (secondary N) is 5. The summed E-state index contributed by atoms with van der Waals surface area (Å²) in [5.74, 6) is 0.905. The Hall–Kier alpha value is -5.66. The summed E-state index contributed by atoms with van der Waals surface area (Å²) in [4.78, 5) is 68.6. The summed E-state index contributed by atoms with van der Waals surface area (Å²) in [6.07, 6.45) is 5.95. The first-order chi connectivity index (χ1) is 26.9. The minimum Gasteiger partial charge on any atom is -0.465 e. The van der Waals surface area contributed by atoms with E-state index < -0.39 is 24.3 Å². The van der Waals surface area contributed by atoms with Crippen molar-refractivity contribution < 1.29 is 29.0 Å². The number of aromatic nitrogens is 4. The van der Waals surface area contributed by atoms with Gasteiger partial charge < -0.3 is 40.7 Å². The molecule has 4 amide bonds. The smallest absolute Gasteiger partial charge is 0.407 e. The molecular formula is C42H52N8O6. The number of benzene rings is 2. The number of carbonyl (C=O) groups is 4. The van der Waals surface area contributed by atoms with Gasteiger partial charge in [0, 0.05) is 24.1 Å². The van der Waals surface area contributed by atoms with Crippen LogP contribution in [0, 0.1) is 11.8 Å². The lowest BCUT2D eigenvalue weighted by Gasteiger charge is -2.30. The number of hydrogen-bond donors (Lipinski definition) is 6. The normalized spacial score (nSPS) is 20.0. The second-order valence-corrected chi connectivity index (χ2v) is 15.9. The average molecular weight is 765 g/mol. The van der Waals surface area contributed by atoms with Gasteiger partial charge in [0.05, 0.1) is 36.4 Å². The van der Waals surface area contributed by atoms with Crippen molar-refractivity contribution in [1.29, 1.82) is 0 Å². The van der Waals surface area contributed by atoms with Gasteiger partial charge in [-0.3, -0.25) is 9.59 Å². The second-order valence-electron chi connectivity index (χ2n) is 15.9. The van der Waals surface area contributed by atoms with Gasteiger partial charge in [-0.1, -0.05) is 76.6 Å². The summed E-state index contributed by atoms with van der Waals surface area (Å²) in [6.45, 7) is 8.08. The number of fused-ring (bicyclic) bond motifs is 3. The Morgan fingerprint density at radius 3 is 2.30 bits per heavy atom. The molecule has 14 heteroatoms. The molecule has 5 atom stereocenters. The number of aromatic amines is 2. The number of hydrogen-bond acceptors (Lipinski definition) is 7. The number of nitrogens with zero attached hydrogens (tertiary/aromatic N) is 3. The van der Waals surface area contributed by atoms with Crippen LogP contribution in [0.15, 0.2) is 48.7 Å². The lowest BCUT2D eigenvalue weighted by Crippen LogP contribution is -2.52. The van der Waals surface area contributed by atoms with Crippen molar-refractivity contribution in [3.63, 3.8) is 0 Å². The molecule has 14 nitrogen and oxygen atoms in total. The number of carboxylic acid groups (broad SMARTS) is 1. The van der Waals surface area contributed by atoms with Crippen LogP contribution in [0.25, 0.3) is 33.6 Å². The second kappa shape index (κ2) is 16.2. The molecule has 2 aromatic heterocycles. The lowest BCUT2D eigenvalue weighted by molar-refractivity contribution is -0.135. The molecule has 7 rings (SSSR count). The van der Waals surface area contributed by atoms with E-state index in [-0.39, 0.29) is 41.7 Å². The molecular weight excluding hydrogens is 713 g/mol. The largest absolute Gasteiger partial charge is 0.465 e. The summed E-state index contributed by atoms with van der Waals surface area (Å²) < 4.78 is 4.78. The zero-order valence-electron chi connectivity index (χ0n) is 32.6. The SMILES string of the molecule is COC(=O)N[C@H](C(=O)N1CCC[C@H]1c1nc2c([nH]1)-c1ccc(-c3ccc(-c4cnc(C5CCCC5NC(=O)[C@@H](NC(=O)O)C(C)C)[nH]4)cc3)cc1CC2)C(C)C. The number of methoxy groups -OCH3 is 1. The van der Waals surface area contributed by atoms with E-state index >= 15 is 0 Å². The highest BCUT2D eigenvalue weighted by Gasteiger charge is 2.39. The van der Waals surface area contributed by atoms with Gasteiger partial charge in [0.2, 0.25) is 11.8 Å². The zero-order chi connectivity index (χ0) is 39.7. The predicted molar refractivity (Wildman–Crippen MR) is 211 cm³/mol. The van der Waals surface area contributed by atoms with Gasteiger partial charge in [0.1, 0.15) is 23.7 Å². The van der Waals surface area contributed by atoms with Crippen molar-refractivity contribution >= 4 is 24.0 Å². The first-order valence-corrected chi connectivity index (χ1v) is 19.7. The van der Waals surface area contributed by atoms with Gasteiger partial charge in [-0.05, 0) is 72.6 Å². The van der Waals surface area contributed by atoms with Crippen LogP contribution >= 0.6 is 0 Å². The number of amides is 4. The van der Waals surface area contributed by atoms with Gasteiger partial charge in [0.25, 0.3) is 0 Å². The van der Waals surface area contributed by atoms with E-state index in [1.54, 1.807) is 0 Å². The minimum atomic E-state index is -1.21. The Labute approximate surface area is 326 Å². The topological polar surface area (TPSA) is 194 Å². The fraction of sp³-hybridized carbons (Fsp3) is 0.476. The molecule has 0 bridgehead atoms. The van der Waals surface area contributed by atoms with Crippen molar-refractivity contribution in [3.05, 3.63) is 71.6 Å². The molecule has 4 aromatic rings. The highest BCUT2D eigenvalue weighted by Crippen LogP contribution is 2.39. The van der Waals surface area contributed by atoms with E-state index in [0.717, 1.165) is 95.9 Å². The number of alkyl carbamates (subject to hydrolysis) is 1. The maximum Gasteiger partial charge on any atom is 0.407 e. The standard InChI is InChI=1S/C42H52N8O6/c1-22(2)34(48-41(53)54)39(51)46-30-9-6-8-29(30)37-43-21-32(45-37)25-13-11-24(12-14-25)26-15-17-28-27(20-26)16-18-31-36(28)47-38(44-31)33-10-7-19-50(33)40(52)35(23(3)4)49-42(55)56-5/h11-15,17,20-23,29-30,33-35,48H,6-10,16,18-19H2,1-5H3,(H,43,45)(H,44,47)(H,46,51)(H,49,55)(H,53,54)/t29?,30?,33-,34-,35-/m0/s1. The van der Waals surface area contributed by atoms with Crippen molar-refractivity contribution in [3.8, 4) is 33.6 Å². The van der Waals surface area contributed by atoms with E-state index in [4.69, 9.17) is 14.7 Å². The van der Waals surface area contributed by atoms with E-state index in [1.807, 2.05) is 38.8 Å². The maximum absolute atomic E-state index is 13.7. The number of imidazole rings is 2. The van der Waals surface area contributed by atoms with Crippen molar-refractivity contribution in [2.75, 3.05) is 13.7 Å². The molecule has 2 aliphatic carbocycles. The van der Waals surface area contributed by atoms with Gasteiger partial charge in [-0.2, -0.15) is 0 Å². The summed E-state index contributed by atoms with van der Waals surface area (Å²) >= 11 is 0. The first-order valence-electron chi connectivity index (χ1n) is 19.7. The van der Waals surface area contributed by atoms with Crippen LogP contribution in [0.2, 0.25) is 0 Å². The molecule has 3 aliphatic rings. The third kappa shape index (κ3) is 7.87. The van der Waals surface area contributed by atoms with Crippen LogP contribution in [-0.4, -0.2) is 85.7 Å². The molecule has 56 heavy (non-hydrogen) atoms. The Balaban J connectivity index is 1.03. The highest BCUT2D eigenvalue weighted by molar-refractivity contribution is 5.87. The zero-order valence-corrected chi connectivity index (χ0v) is 32.6. The van der Waals surface area contributed by atoms with Gasteiger partial charge in [0.15, 0.2) is 0 Å². The Bertz CT molecular complexity index is 2090. The summed E-state index contributed by atoms with van der Waals surface area (Å²) in [5, 5.41) is 17.4. The van der Waals surface area contributed by atoms with E-state index in [2.05, 4.69) is 68.4 Å². The monoisotopic (exact) mass is 764 g/mol. The molecule has 1 saturated heterocycles. The number of likely N-dealkylation sites (tertiary alicyclic amines) is 1. The van der Waals surface area contributed by atoms with Crippen LogP contribution in [-0.2, 0) is 27.2 Å². The number of H-pyrrole nitrogens is 2. The predicted octanol–water partition coefficient (Wildman–Crippen LogP) is 6.32. The maximum atomic E-state index is 13.7. The average Bonchev–Trinajstić information content (AvgIpc) is 4.01. The Morgan fingerprint density at radius 2 is 1.59 bits per heavy atom. The Morgan fingerprint density at radius 1 is 0.857 bits per heavy atom. The first kappa shape index (κ1) is 38.6. The number of aryl methyl sites for hydroxylation is 2. The third-order valence-electron chi connectivity index (χ3n) is 11.6.